The monoisotopic (exact) mass is 216 g/mol. The molecule has 1 aliphatic heterocycles. The van der Waals surface area contributed by atoms with Crippen LogP contribution in [0.1, 0.15) is 31.4 Å². The zero-order chi connectivity index (χ0) is 11.2. The normalized spacial score (nSPS) is 29.5. The van der Waals surface area contributed by atoms with E-state index in [4.69, 9.17) is 5.73 Å². The van der Waals surface area contributed by atoms with Crippen LogP contribution in [0.5, 0.6) is 0 Å². The van der Waals surface area contributed by atoms with Crippen molar-refractivity contribution in [1.29, 1.82) is 0 Å². The molecule has 1 spiro atoms. The molecule has 2 aliphatic rings. The molecule has 1 saturated carbocycles. The summed E-state index contributed by atoms with van der Waals surface area (Å²) >= 11 is 0. The lowest BCUT2D eigenvalue weighted by Gasteiger charge is -2.24. The van der Waals surface area contributed by atoms with E-state index in [0.717, 1.165) is 6.54 Å². The molecule has 0 amide bonds. The Morgan fingerprint density at radius 2 is 2.00 bits per heavy atom. The molecule has 2 atom stereocenters. The van der Waals surface area contributed by atoms with Crippen molar-refractivity contribution in [2.75, 3.05) is 13.1 Å². The van der Waals surface area contributed by atoms with Crippen molar-refractivity contribution in [2.45, 2.75) is 31.8 Å². The number of nitrogens with two attached hydrogens (primary N) is 1. The minimum atomic E-state index is 0.402. The Hall–Kier alpha value is -0.860. The molecular weight excluding hydrogens is 196 g/mol. The van der Waals surface area contributed by atoms with Crippen LogP contribution < -0.4 is 5.73 Å². The molecule has 16 heavy (non-hydrogen) atoms. The summed E-state index contributed by atoms with van der Waals surface area (Å²) in [4.78, 5) is 2.55. The molecule has 3 rings (SSSR count). The van der Waals surface area contributed by atoms with Gasteiger partial charge in [-0.1, -0.05) is 30.3 Å². The van der Waals surface area contributed by atoms with Gasteiger partial charge in [0.15, 0.2) is 0 Å². The molecule has 86 valence electrons. The van der Waals surface area contributed by atoms with Gasteiger partial charge in [-0.15, -0.1) is 0 Å². The first-order valence-corrected chi connectivity index (χ1v) is 6.26. The van der Waals surface area contributed by atoms with Gasteiger partial charge in [-0.2, -0.15) is 0 Å². The molecule has 1 heterocycles. The molecule has 0 bridgehead atoms. The maximum atomic E-state index is 6.24. The van der Waals surface area contributed by atoms with E-state index in [1.165, 1.54) is 24.9 Å². The summed E-state index contributed by atoms with van der Waals surface area (Å²) in [5.74, 6) is 0. The van der Waals surface area contributed by atoms with Gasteiger partial charge in [-0.3, -0.25) is 4.90 Å². The third kappa shape index (κ3) is 1.57. The largest absolute Gasteiger partial charge is 0.326 e. The second-order valence-electron chi connectivity index (χ2n) is 5.48. The van der Waals surface area contributed by atoms with Gasteiger partial charge >= 0.3 is 0 Å². The average molecular weight is 216 g/mol. The molecule has 2 nitrogen and oxygen atoms in total. The summed E-state index contributed by atoms with van der Waals surface area (Å²) in [5, 5.41) is 0. The fourth-order valence-corrected chi connectivity index (χ4v) is 2.96. The van der Waals surface area contributed by atoms with E-state index >= 15 is 0 Å². The van der Waals surface area contributed by atoms with Crippen LogP contribution >= 0.6 is 0 Å². The molecule has 2 heteroatoms. The van der Waals surface area contributed by atoms with E-state index in [-0.39, 0.29) is 0 Å². The van der Waals surface area contributed by atoms with Crippen LogP contribution in [0.25, 0.3) is 0 Å². The lowest BCUT2D eigenvalue weighted by Crippen LogP contribution is -2.31. The quantitative estimate of drug-likeness (QED) is 0.821. The average Bonchev–Trinajstić information content (AvgIpc) is 3.01. The van der Waals surface area contributed by atoms with E-state index < -0.39 is 0 Å². The molecule has 1 aromatic rings. The Morgan fingerprint density at radius 1 is 1.31 bits per heavy atom. The highest BCUT2D eigenvalue weighted by molar-refractivity contribution is 5.20. The second-order valence-corrected chi connectivity index (χ2v) is 5.48. The zero-order valence-electron chi connectivity index (χ0n) is 9.89. The molecule has 0 radical (unpaired) electrons. The Labute approximate surface area is 97.4 Å². The molecule has 1 aliphatic carbocycles. The van der Waals surface area contributed by atoms with Crippen LogP contribution in [-0.4, -0.2) is 24.0 Å². The Balaban J connectivity index is 1.75. The third-order valence-electron chi connectivity index (χ3n) is 4.46. The molecule has 1 saturated heterocycles. The van der Waals surface area contributed by atoms with Gasteiger partial charge in [0.25, 0.3) is 0 Å². The molecule has 0 aromatic heterocycles. The lowest BCUT2D eigenvalue weighted by molar-refractivity contribution is 0.249. The van der Waals surface area contributed by atoms with Gasteiger partial charge in [-0.25, -0.2) is 0 Å². The number of hydrogen-bond acceptors (Lipinski definition) is 2. The first-order valence-electron chi connectivity index (χ1n) is 6.26. The van der Waals surface area contributed by atoms with Crippen LogP contribution in [0.15, 0.2) is 30.3 Å². The minimum Gasteiger partial charge on any atom is -0.326 e. The van der Waals surface area contributed by atoms with Crippen molar-refractivity contribution in [3.63, 3.8) is 0 Å². The smallest absolute Gasteiger partial charge is 0.0320 e. The molecule has 1 aromatic carbocycles. The highest BCUT2D eigenvalue weighted by atomic mass is 15.2. The summed E-state index contributed by atoms with van der Waals surface area (Å²) < 4.78 is 0. The van der Waals surface area contributed by atoms with Crippen LogP contribution in [0.4, 0.5) is 0 Å². The Bertz CT molecular complexity index is 370. The number of benzene rings is 1. The molecular formula is C14H20N2. The SMILES string of the molecule is CC(c1ccccc1)N1CC(N)C2(CC2)C1. The van der Waals surface area contributed by atoms with Crippen LogP contribution in [0.2, 0.25) is 0 Å². The number of rotatable bonds is 2. The molecule has 2 N–H and O–H groups in total. The van der Waals surface area contributed by atoms with E-state index in [0.29, 0.717) is 17.5 Å². The van der Waals surface area contributed by atoms with Crippen molar-refractivity contribution < 1.29 is 0 Å². The van der Waals surface area contributed by atoms with Crippen LogP contribution in [-0.2, 0) is 0 Å². The fraction of sp³-hybridized carbons (Fsp3) is 0.571. The van der Waals surface area contributed by atoms with Crippen LogP contribution in [0.3, 0.4) is 0 Å². The van der Waals surface area contributed by atoms with Gasteiger partial charge in [0.2, 0.25) is 0 Å². The number of nitrogens with zero attached hydrogens (tertiary/aromatic N) is 1. The lowest BCUT2D eigenvalue weighted by atomic mass is 10.0. The van der Waals surface area contributed by atoms with Crippen molar-refractivity contribution in [1.82, 2.24) is 4.90 Å². The van der Waals surface area contributed by atoms with Crippen molar-refractivity contribution in [2.24, 2.45) is 11.1 Å². The zero-order valence-corrected chi connectivity index (χ0v) is 9.89. The van der Waals surface area contributed by atoms with Gasteiger partial charge in [0.1, 0.15) is 0 Å². The fourth-order valence-electron chi connectivity index (χ4n) is 2.96. The van der Waals surface area contributed by atoms with Crippen molar-refractivity contribution in [3.8, 4) is 0 Å². The second kappa shape index (κ2) is 3.57. The first kappa shape index (κ1) is 10.3. The Morgan fingerprint density at radius 3 is 2.56 bits per heavy atom. The maximum absolute atomic E-state index is 6.24. The van der Waals surface area contributed by atoms with Gasteiger partial charge in [0.05, 0.1) is 0 Å². The summed E-state index contributed by atoms with van der Waals surface area (Å²) in [6.45, 7) is 4.56. The summed E-state index contributed by atoms with van der Waals surface area (Å²) in [6.07, 6.45) is 2.68. The summed E-state index contributed by atoms with van der Waals surface area (Å²) in [7, 11) is 0. The van der Waals surface area contributed by atoms with Crippen molar-refractivity contribution in [3.05, 3.63) is 35.9 Å². The minimum absolute atomic E-state index is 0.402. The standard InChI is InChI=1S/C14H20N2/c1-11(12-5-3-2-4-6-12)16-9-13(15)14(10-16)7-8-14/h2-6,11,13H,7-10,15H2,1H3. The van der Waals surface area contributed by atoms with Gasteiger partial charge in [0, 0.05) is 25.2 Å². The predicted molar refractivity (Wildman–Crippen MR) is 66.1 cm³/mol. The number of hydrogen-bond donors (Lipinski definition) is 1. The van der Waals surface area contributed by atoms with E-state index in [9.17, 15) is 0 Å². The Kier molecular flexibility index (Phi) is 2.30. The summed E-state index contributed by atoms with van der Waals surface area (Å²) in [6, 6.07) is 11.7. The summed E-state index contributed by atoms with van der Waals surface area (Å²) in [5.41, 5.74) is 8.14. The third-order valence-corrected chi connectivity index (χ3v) is 4.46. The van der Waals surface area contributed by atoms with Crippen LogP contribution in [0, 0.1) is 5.41 Å². The first-order chi connectivity index (χ1) is 7.71. The molecule has 2 unspecified atom stereocenters. The highest BCUT2D eigenvalue weighted by Crippen LogP contribution is 2.53. The van der Waals surface area contributed by atoms with E-state index in [1.807, 2.05) is 0 Å². The predicted octanol–water partition coefficient (Wildman–Crippen LogP) is 2.17. The maximum Gasteiger partial charge on any atom is 0.0320 e. The van der Waals surface area contributed by atoms with Gasteiger partial charge in [-0.05, 0) is 30.7 Å². The van der Waals surface area contributed by atoms with E-state index in [2.05, 4.69) is 42.2 Å². The molecule has 2 fully saturated rings. The van der Waals surface area contributed by atoms with E-state index in [1.54, 1.807) is 0 Å². The van der Waals surface area contributed by atoms with Crippen molar-refractivity contribution >= 4 is 0 Å². The number of likely N-dealkylation sites (tertiary alicyclic amines) is 1. The highest BCUT2D eigenvalue weighted by Gasteiger charge is 2.54. The topological polar surface area (TPSA) is 29.3 Å². The van der Waals surface area contributed by atoms with Gasteiger partial charge < -0.3 is 5.73 Å².